The molecule has 1 rings (SSSR count). The van der Waals surface area contributed by atoms with Crippen LogP contribution in [0.4, 0.5) is 4.53 Å². The smallest absolute Gasteiger partial charge is 0.0983 e. The van der Waals surface area contributed by atoms with Crippen molar-refractivity contribution in [3.63, 3.8) is 0 Å². The van der Waals surface area contributed by atoms with Crippen LogP contribution >= 0.6 is 0 Å². The quantitative estimate of drug-likeness (QED) is 0.554. The zero-order chi connectivity index (χ0) is 7.82. The Morgan fingerprint density at radius 2 is 1.60 bits per heavy atom. The summed E-state index contributed by atoms with van der Waals surface area (Å²) in [6.45, 7) is 4.00. The number of hydrogen-bond donors (Lipinski definition) is 0. The fourth-order valence-electron chi connectivity index (χ4n) is 1.15. The zero-order valence-corrected chi connectivity index (χ0v) is 6.90. The second-order valence-electron chi connectivity index (χ2n) is 2.35. The minimum atomic E-state index is -0.0799. The Labute approximate surface area is 62.5 Å². The van der Waals surface area contributed by atoms with E-state index in [1.165, 1.54) is 6.42 Å². The molecule has 1 aliphatic rings. The summed E-state index contributed by atoms with van der Waals surface area (Å²) < 4.78 is 11.4. The van der Waals surface area contributed by atoms with Gasteiger partial charge in [0.15, 0.2) is 0 Å². The topological polar surface area (TPSA) is 9.23 Å². The molecule has 0 aromatic heterocycles. The van der Waals surface area contributed by atoms with Crippen molar-refractivity contribution >= 4 is 0 Å². The van der Waals surface area contributed by atoms with Gasteiger partial charge < -0.3 is 0 Å². The summed E-state index contributed by atoms with van der Waals surface area (Å²) in [4.78, 5) is 3.69. The van der Waals surface area contributed by atoms with Crippen molar-refractivity contribution in [1.29, 1.82) is 0 Å². The van der Waals surface area contributed by atoms with Crippen LogP contribution in [0.1, 0.15) is 46.0 Å². The average molecular weight is 148 g/mol. The molecule has 1 saturated carbocycles. The van der Waals surface area contributed by atoms with Gasteiger partial charge in [0, 0.05) is 0 Å². The van der Waals surface area contributed by atoms with Crippen molar-refractivity contribution in [1.82, 2.24) is 0 Å². The Balaban J connectivity index is 0.000000371. The Kier molecular flexibility index (Phi) is 6.93. The van der Waals surface area contributed by atoms with Gasteiger partial charge in [-0.2, -0.15) is 4.94 Å². The molecule has 0 radical (unpaired) electrons. The lowest BCUT2D eigenvalue weighted by Crippen LogP contribution is -2.11. The maximum atomic E-state index is 11.4. The summed E-state index contributed by atoms with van der Waals surface area (Å²) in [5.41, 5.74) is 0. The summed E-state index contributed by atoms with van der Waals surface area (Å²) in [6, 6.07) is 0. The molecule has 1 aliphatic carbocycles. The highest BCUT2D eigenvalue weighted by Crippen LogP contribution is 2.19. The highest BCUT2D eigenvalue weighted by molar-refractivity contribution is 4.62. The molecule has 1 nitrogen and oxygen atoms in total. The molecule has 0 spiro atoms. The third kappa shape index (κ3) is 3.83. The number of halogens is 1. The van der Waals surface area contributed by atoms with Crippen LogP contribution in [-0.2, 0) is 4.94 Å². The highest BCUT2D eigenvalue weighted by atomic mass is 19.3. The molecule has 0 bridgehead atoms. The largest absolute Gasteiger partial charge is 0.191 e. The predicted molar refractivity (Wildman–Crippen MR) is 40.4 cm³/mol. The lowest BCUT2D eigenvalue weighted by atomic mass is 9.98. The molecule has 0 unspecified atom stereocenters. The summed E-state index contributed by atoms with van der Waals surface area (Å²) in [5, 5.41) is 0. The fourth-order valence-corrected chi connectivity index (χ4v) is 1.15. The molecular formula is C8H17FO. The molecule has 0 heterocycles. The van der Waals surface area contributed by atoms with Crippen LogP contribution in [0.15, 0.2) is 0 Å². The molecule has 62 valence electrons. The van der Waals surface area contributed by atoms with E-state index in [-0.39, 0.29) is 6.10 Å². The molecular weight excluding hydrogens is 131 g/mol. The van der Waals surface area contributed by atoms with E-state index in [0.717, 1.165) is 25.7 Å². The van der Waals surface area contributed by atoms with Gasteiger partial charge in [-0.1, -0.05) is 33.1 Å². The van der Waals surface area contributed by atoms with Crippen LogP contribution in [0.3, 0.4) is 0 Å². The van der Waals surface area contributed by atoms with E-state index in [1.807, 2.05) is 13.8 Å². The minimum Gasteiger partial charge on any atom is -0.191 e. The number of rotatable bonds is 1. The number of hydrogen-bond acceptors (Lipinski definition) is 1. The molecule has 2 heteroatoms. The molecule has 0 N–H and O–H groups in total. The van der Waals surface area contributed by atoms with Gasteiger partial charge in [-0.25, -0.2) is 0 Å². The summed E-state index contributed by atoms with van der Waals surface area (Å²) in [7, 11) is 0. The van der Waals surface area contributed by atoms with Gasteiger partial charge in [-0.3, -0.25) is 0 Å². The first kappa shape index (κ1) is 9.89. The molecule has 10 heavy (non-hydrogen) atoms. The van der Waals surface area contributed by atoms with Gasteiger partial charge in [0.1, 0.15) is 0 Å². The first-order valence-electron chi connectivity index (χ1n) is 4.21. The van der Waals surface area contributed by atoms with E-state index in [0.29, 0.717) is 0 Å². The van der Waals surface area contributed by atoms with Crippen LogP contribution in [0.2, 0.25) is 0 Å². The Morgan fingerprint density at radius 3 is 1.90 bits per heavy atom. The second kappa shape index (κ2) is 7.00. The van der Waals surface area contributed by atoms with Gasteiger partial charge in [0.25, 0.3) is 0 Å². The average Bonchev–Trinajstić information content (AvgIpc) is 2.10. The lowest BCUT2D eigenvalue weighted by molar-refractivity contribution is -0.187. The van der Waals surface area contributed by atoms with Crippen molar-refractivity contribution in [3.8, 4) is 0 Å². The van der Waals surface area contributed by atoms with E-state index < -0.39 is 0 Å². The third-order valence-corrected chi connectivity index (χ3v) is 1.68. The fraction of sp³-hybridized carbons (Fsp3) is 1.00. The minimum absolute atomic E-state index is 0.0799. The lowest BCUT2D eigenvalue weighted by Gasteiger charge is -2.15. The summed E-state index contributed by atoms with van der Waals surface area (Å²) >= 11 is 0. The van der Waals surface area contributed by atoms with Crippen LogP contribution in [0.25, 0.3) is 0 Å². The molecule has 1 fully saturated rings. The monoisotopic (exact) mass is 148 g/mol. The second-order valence-corrected chi connectivity index (χ2v) is 2.35. The SMILES string of the molecule is CC.FOC1CCCCC1. The zero-order valence-electron chi connectivity index (χ0n) is 6.90. The van der Waals surface area contributed by atoms with Crippen molar-refractivity contribution in [2.24, 2.45) is 0 Å². The molecule has 0 aliphatic heterocycles. The van der Waals surface area contributed by atoms with Crippen molar-refractivity contribution in [2.45, 2.75) is 52.1 Å². The molecule has 0 aromatic carbocycles. The molecule has 0 aromatic rings. The Morgan fingerprint density at radius 1 is 1.10 bits per heavy atom. The highest BCUT2D eigenvalue weighted by Gasteiger charge is 2.13. The first-order valence-corrected chi connectivity index (χ1v) is 4.21. The summed E-state index contributed by atoms with van der Waals surface area (Å²) in [6.07, 6.45) is 5.26. The molecule has 0 saturated heterocycles. The molecule has 0 amide bonds. The Hall–Kier alpha value is -0.110. The third-order valence-electron chi connectivity index (χ3n) is 1.68. The van der Waals surface area contributed by atoms with Gasteiger partial charge in [0.2, 0.25) is 0 Å². The van der Waals surface area contributed by atoms with Crippen LogP contribution < -0.4 is 0 Å². The Bertz CT molecular complexity index is 60.3. The standard InChI is InChI=1S/C6H11FO.C2H6/c7-8-6-4-2-1-3-5-6;1-2/h6H,1-5H2;1-2H3. The first-order chi connectivity index (χ1) is 4.93. The van der Waals surface area contributed by atoms with E-state index in [2.05, 4.69) is 4.94 Å². The van der Waals surface area contributed by atoms with Gasteiger partial charge >= 0.3 is 0 Å². The maximum Gasteiger partial charge on any atom is 0.0983 e. The van der Waals surface area contributed by atoms with Crippen molar-refractivity contribution in [3.05, 3.63) is 0 Å². The van der Waals surface area contributed by atoms with Gasteiger partial charge in [0.05, 0.1) is 6.10 Å². The van der Waals surface area contributed by atoms with Crippen molar-refractivity contribution in [2.75, 3.05) is 0 Å². The van der Waals surface area contributed by atoms with E-state index in [1.54, 1.807) is 0 Å². The van der Waals surface area contributed by atoms with Crippen LogP contribution in [0.5, 0.6) is 0 Å². The van der Waals surface area contributed by atoms with Gasteiger partial charge in [-0.15, -0.1) is 0 Å². The van der Waals surface area contributed by atoms with Gasteiger partial charge in [-0.05, 0) is 17.4 Å². The predicted octanol–water partition coefficient (Wildman–Crippen LogP) is 3.25. The van der Waals surface area contributed by atoms with Crippen LogP contribution in [-0.4, -0.2) is 6.10 Å². The summed E-state index contributed by atoms with van der Waals surface area (Å²) in [5.74, 6) is 0. The van der Waals surface area contributed by atoms with E-state index in [9.17, 15) is 4.53 Å². The van der Waals surface area contributed by atoms with E-state index in [4.69, 9.17) is 0 Å². The molecule has 0 atom stereocenters. The normalized spacial score (nSPS) is 19.5. The van der Waals surface area contributed by atoms with E-state index >= 15 is 0 Å². The maximum absolute atomic E-state index is 11.4. The van der Waals surface area contributed by atoms with Crippen LogP contribution in [0, 0.1) is 0 Å². The van der Waals surface area contributed by atoms with Crippen molar-refractivity contribution < 1.29 is 9.47 Å².